The summed E-state index contributed by atoms with van der Waals surface area (Å²) in [6.07, 6.45) is 1.72. The molecule has 3 aromatic rings. The van der Waals surface area contributed by atoms with Crippen molar-refractivity contribution < 1.29 is 13.9 Å². The lowest BCUT2D eigenvalue weighted by Gasteiger charge is -2.39. The number of nitrogens with zero attached hydrogens (tertiary/aromatic N) is 2. The van der Waals surface area contributed by atoms with Gasteiger partial charge in [0.15, 0.2) is 0 Å². The van der Waals surface area contributed by atoms with E-state index in [1.165, 1.54) is 0 Å². The van der Waals surface area contributed by atoms with Gasteiger partial charge >= 0.3 is 0 Å². The number of halogens is 1. The Morgan fingerprint density at radius 3 is 2.97 bits per heavy atom. The highest BCUT2D eigenvalue weighted by Gasteiger charge is 2.41. The SMILES string of the molecule is CC#CC(=O)N1CCC2CN(c3c(F)cc(COCN)c4[nH]c5ccccc5c34)CCC21. The summed E-state index contributed by atoms with van der Waals surface area (Å²) in [6.45, 7) is 4.14. The Morgan fingerprint density at radius 1 is 1.31 bits per heavy atom. The van der Waals surface area contributed by atoms with Gasteiger partial charge in [0, 0.05) is 47.5 Å². The number of para-hydroxylation sites is 1. The van der Waals surface area contributed by atoms with Crippen molar-refractivity contribution in [2.24, 2.45) is 11.7 Å². The molecular formula is C25H27FN4O2. The number of hydrogen-bond donors (Lipinski definition) is 2. The molecule has 166 valence electrons. The molecule has 2 atom stereocenters. The summed E-state index contributed by atoms with van der Waals surface area (Å²) >= 11 is 0. The summed E-state index contributed by atoms with van der Waals surface area (Å²) in [5.41, 5.74) is 8.75. The Balaban J connectivity index is 1.54. The number of likely N-dealkylation sites (tertiary alicyclic amines) is 1. The minimum atomic E-state index is -0.251. The third kappa shape index (κ3) is 3.40. The molecule has 2 saturated heterocycles. The van der Waals surface area contributed by atoms with E-state index in [9.17, 15) is 4.79 Å². The average molecular weight is 435 g/mol. The minimum absolute atomic E-state index is 0.0813. The molecule has 0 aliphatic carbocycles. The topological polar surface area (TPSA) is 74.6 Å². The quantitative estimate of drug-likeness (QED) is 0.488. The number of benzene rings is 2. The van der Waals surface area contributed by atoms with Crippen LogP contribution in [-0.2, 0) is 16.1 Å². The van der Waals surface area contributed by atoms with Crippen LogP contribution in [0.1, 0.15) is 25.3 Å². The van der Waals surface area contributed by atoms with Crippen LogP contribution in [-0.4, -0.2) is 48.2 Å². The van der Waals surface area contributed by atoms with Crippen LogP contribution in [0.5, 0.6) is 0 Å². The number of nitrogens with one attached hydrogen (secondary N) is 1. The first-order chi connectivity index (χ1) is 15.6. The van der Waals surface area contributed by atoms with Crippen molar-refractivity contribution in [2.75, 3.05) is 31.3 Å². The van der Waals surface area contributed by atoms with Crippen LogP contribution >= 0.6 is 0 Å². The molecule has 2 aliphatic rings. The van der Waals surface area contributed by atoms with Crippen LogP contribution in [0.4, 0.5) is 10.1 Å². The fraction of sp³-hybridized carbons (Fsp3) is 0.400. The number of carbonyl (C=O) groups excluding carboxylic acids is 1. The van der Waals surface area contributed by atoms with Gasteiger partial charge in [0.1, 0.15) is 5.82 Å². The Bertz CT molecular complexity index is 1240. The lowest BCUT2D eigenvalue weighted by molar-refractivity contribution is -0.126. The Kier molecular flexibility index (Phi) is 5.50. The van der Waals surface area contributed by atoms with E-state index >= 15 is 4.39 Å². The predicted molar refractivity (Wildman–Crippen MR) is 123 cm³/mol. The van der Waals surface area contributed by atoms with E-state index in [4.69, 9.17) is 10.5 Å². The van der Waals surface area contributed by atoms with Crippen LogP contribution in [0.3, 0.4) is 0 Å². The van der Waals surface area contributed by atoms with Crippen LogP contribution in [0.2, 0.25) is 0 Å². The van der Waals surface area contributed by atoms with E-state index in [1.54, 1.807) is 13.0 Å². The largest absolute Gasteiger partial charge is 0.368 e. The summed E-state index contributed by atoms with van der Waals surface area (Å²) in [5, 5.41) is 1.88. The van der Waals surface area contributed by atoms with E-state index in [0.717, 1.165) is 53.3 Å². The molecule has 2 fully saturated rings. The van der Waals surface area contributed by atoms with Crippen LogP contribution in [0.25, 0.3) is 21.8 Å². The first-order valence-electron chi connectivity index (χ1n) is 11.1. The molecular weight excluding hydrogens is 407 g/mol. The van der Waals surface area contributed by atoms with Gasteiger partial charge in [-0.15, -0.1) is 0 Å². The van der Waals surface area contributed by atoms with Crippen molar-refractivity contribution in [3.8, 4) is 11.8 Å². The number of H-pyrrole nitrogens is 1. The van der Waals surface area contributed by atoms with E-state index in [2.05, 4.69) is 21.7 Å². The van der Waals surface area contributed by atoms with Crippen molar-refractivity contribution in [3.63, 3.8) is 0 Å². The first-order valence-corrected chi connectivity index (χ1v) is 11.1. The number of piperidine rings is 1. The minimum Gasteiger partial charge on any atom is -0.368 e. The molecule has 3 N–H and O–H groups in total. The Morgan fingerprint density at radius 2 is 2.16 bits per heavy atom. The first kappa shape index (κ1) is 20.8. The maximum atomic E-state index is 15.6. The second kappa shape index (κ2) is 8.45. The van der Waals surface area contributed by atoms with Crippen molar-refractivity contribution in [3.05, 3.63) is 41.7 Å². The number of carbonyl (C=O) groups is 1. The number of nitrogens with two attached hydrogens (primary N) is 1. The molecule has 0 radical (unpaired) electrons. The fourth-order valence-corrected chi connectivity index (χ4v) is 5.45. The number of ether oxygens (including phenoxy) is 1. The molecule has 0 saturated carbocycles. The van der Waals surface area contributed by atoms with E-state index in [-0.39, 0.29) is 31.1 Å². The molecule has 1 amide bonds. The van der Waals surface area contributed by atoms with Crippen LogP contribution in [0, 0.1) is 23.6 Å². The predicted octanol–water partition coefficient (Wildman–Crippen LogP) is 3.34. The van der Waals surface area contributed by atoms with Crippen molar-refractivity contribution >= 4 is 33.4 Å². The zero-order valence-electron chi connectivity index (χ0n) is 18.2. The van der Waals surface area contributed by atoms with Gasteiger partial charge in [0.05, 0.1) is 24.5 Å². The summed E-state index contributed by atoms with van der Waals surface area (Å²) in [7, 11) is 0. The third-order valence-electron chi connectivity index (χ3n) is 6.81. The van der Waals surface area contributed by atoms with Crippen molar-refractivity contribution in [1.29, 1.82) is 0 Å². The highest BCUT2D eigenvalue weighted by molar-refractivity contribution is 6.14. The number of aromatic nitrogens is 1. The van der Waals surface area contributed by atoms with Crippen LogP contribution < -0.4 is 10.6 Å². The van der Waals surface area contributed by atoms with Gasteiger partial charge in [-0.25, -0.2) is 4.39 Å². The second-order valence-corrected chi connectivity index (χ2v) is 8.53. The summed E-state index contributed by atoms with van der Waals surface area (Å²) in [4.78, 5) is 19.9. The number of rotatable bonds is 4. The zero-order chi connectivity index (χ0) is 22.2. The molecule has 5 rings (SSSR count). The molecule has 0 spiro atoms. The molecule has 7 heteroatoms. The van der Waals surface area contributed by atoms with Gasteiger partial charge in [-0.1, -0.05) is 24.1 Å². The van der Waals surface area contributed by atoms with Gasteiger partial charge in [0.25, 0.3) is 5.91 Å². The number of amides is 1. The van der Waals surface area contributed by atoms with Gasteiger partial charge < -0.3 is 25.3 Å². The standard InChI is InChI=1S/C25H27FN4O2/c1-2-5-22(31)30-11-8-16-13-29(10-9-21(16)30)25-19(26)12-17(14-32-15-27)24-23(25)18-6-3-4-7-20(18)28-24/h3-4,6-7,12,16,21,28H,8-11,13-15,27H2,1H3. The number of aromatic amines is 1. The van der Waals surface area contributed by atoms with Crippen LogP contribution in [0.15, 0.2) is 30.3 Å². The number of anilines is 1. The van der Waals surface area contributed by atoms with E-state index < -0.39 is 0 Å². The number of fused-ring (bicyclic) bond motifs is 4. The van der Waals surface area contributed by atoms with Gasteiger partial charge in [-0.2, -0.15) is 0 Å². The van der Waals surface area contributed by atoms with Gasteiger partial charge in [0.2, 0.25) is 0 Å². The van der Waals surface area contributed by atoms with E-state index in [1.807, 2.05) is 29.2 Å². The average Bonchev–Trinajstić information content (AvgIpc) is 3.39. The lowest BCUT2D eigenvalue weighted by Crippen LogP contribution is -2.47. The molecule has 32 heavy (non-hydrogen) atoms. The van der Waals surface area contributed by atoms with E-state index in [0.29, 0.717) is 18.2 Å². The third-order valence-corrected chi connectivity index (χ3v) is 6.81. The smallest absolute Gasteiger partial charge is 0.298 e. The molecule has 2 aliphatic heterocycles. The lowest BCUT2D eigenvalue weighted by atomic mass is 9.91. The monoisotopic (exact) mass is 434 g/mol. The van der Waals surface area contributed by atoms with Gasteiger partial charge in [-0.3, -0.25) is 4.79 Å². The highest BCUT2D eigenvalue weighted by atomic mass is 19.1. The van der Waals surface area contributed by atoms with Crippen molar-refractivity contribution in [2.45, 2.75) is 32.4 Å². The maximum Gasteiger partial charge on any atom is 0.298 e. The Hall–Kier alpha value is -3.08. The number of hydrogen-bond acceptors (Lipinski definition) is 4. The fourth-order valence-electron chi connectivity index (χ4n) is 5.45. The molecule has 6 nitrogen and oxygen atoms in total. The maximum absolute atomic E-state index is 15.6. The highest BCUT2D eigenvalue weighted by Crippen LogP contribution is 2.41. The Labute approximate surface area is 186 Å². The summed E-state index contributed by atoms with van der Waals surface area (Å²) in [5.74, 6) is 5.35. The summed E-state index contributed by atoms with van der Waals surface area (Å²) in [6, 6.07) is 9.72. The molecule has 2 unspecified atom stereocenters. The normalized spacial score (nSPS) is 20.5. The summed E-state index contributed by atoms with van der Waals surface area (Å²) < 4.78 is 21.0. The van der Waals surface area contributed by atoms with Gasteiger partial charge in [-0.05, 0) is 43.7 Å². The van der Waals surface area contributed by atoms with Crippen molar-refractivity contribution in [1.82, 2.24) is 9.88 Å². The molecule has 1 aromatic heterocycles. The second-order valence-electron chi connectivity index (χ2n) is 8.53. The molecule has 2 aromatic carbocycles. The molecule has 0 bridgehead atoms. The zero-order valence-corrected chi connectivity index (χ0v) is 18.2. The molecule has 3 heterocycles.